The summed E-state index contributed by atoms with van der Waals surface area (Å²) in [5, 5.41) is 0. The van der Waals surface area contributed by atoms with Gasteiger partial charge in [0.15, 0.2) is 0 Å². The topological polar surface area (TPSA) is 103 Å². The number of benzene rings is 12. The van der Waals surface area contributed by atoms with Crippen LogP contribution in [0.15, 0.2) is 444 Å². The van der Waals surface area contributed by atoms with Crippen molar-refractivity contribution in [3.63, 3.8) is 0 Å². The van der Waals surface area contributed by atoms with Gasteiger partial charge < -0.3 is 39.9 Å². The summed E-state index contributed by atoms with van der Waals surface area (Å²) >= 11 is 0. The maximum atomic E-state index is 8.25. The molecule has 0 aliphatic heterocycles. The fraction of sp³-hybridized carbons (Fsp3) is 0.0820. The van der Waals surface area contributed by atoms with Gasteiger partial charge in [0, 0.05) is 156 Å². The maximum Gasteiger partial charge on any atom is 0.0347 e. The van der Waals surface area contributed by atoms with Crippen LogP contribution in [0.4, 0.5) is 0 Å². The van der Waals surface area contributed by atoms with Gasteiger partial charge in [0.25, 0.3) is 0 Å². The van der Waals surface area contributed by atoms with Gasteiger partial charge in [0.2, 0.25) is 0 Å². The smallest absolute Gasteiger partial charge is 0.0347 e. The predicted octanol–water partition coefficient (Wildman–Crippen LogP) is 30.3. The molecule has 0 aliphatic carbocycles. The third kappa shape index (κ3) is 33.0. The van der Waals surface area contributed by atoms with Gasteiger partial charge in [-0.3, -0.25) is 0 Å². The van der Waals surface area contributed by atoms with Gasteiger partial charge in [-0.1, -0.05) is 202 Å². The van der Waals surface area contributed by atoms with Crippen LogP contribution in [0.1, 0.15) is 91.5 Å². The Labute approximate surface area is 873 Å². The summed E-state index contributed by atoms with van der Waals surface area (Å²) in [5.74, 6) is -2.69. The van der Waals surface area contributed by atoms with Crippen LogP contribution in [0.25, 0.3) is 135 Å². The number of hydrogen-bond donors (Lipinski definition) is 0. The molecular weight excluding hydrogens is 2350 g/mol. The minimum atomic E-state index is -2.99. The van der Waals surface area contributed by atoms with Crippen LogP contribution in [0.2, 0.25) is 0 Å². The number of hydrogen-bond acceptors (Lipinski definition) is 8. The minimum Gasteiger partial charge on any atom is -0.305 e. The van der Waals surface area contributed by atoms with Crippen LogP contribution in [-0.4, -0.2) is 39.9 Å². The fourth-order valence-electron chi connectivity index (χ4n) is 12.8. The molecule has 12 aromatic carbocycles. The number of aryl methyl sites for hydroxylation is 6. The molecule has 8 nitrogen and oxygen atoms in total. The number of pyridine rings is 8. The zero-order valence-corrected chi connectivity index (χ0v) is 82.3. The van der Waals surface area contributed by atoms with Gasteiger partial charge in [-0.25, -0.2) is 0 Å². The molecule has 12 heteroatoms. The Bertz CT molecular complexity index is 7050. The van der Waals surface area contributed by atoms with Gasteiger partial charge >= 0.3 is 0 Å². The van der Waals surface area contributed by atoms with E-state index in [1.54, 1.807) is 97.2 Å². The van der Waals surface area contributed by atoms with Crippen molar-refractivity contribution < 1.29 is 106 Å². The first-order valence-electron chi connectivity index (χ1n) is 51.3. The fourth-order valence-corrected chi connectivity index (χ4v) is 12.8. The van der Waals surface area contributed by atoms with Gasteiger partial charge in [-0.05, 0) is 194 Å². The molecule has 20 aromatic rings. The molecule has 0 N–H and O–H groups in total. The molecule has 0 amide bonds. The molecule has 0 saturated heterocycles. The van der Waals surface area contributed by atoms with Crippen LogP contribution in [0.3, 0.4) is 0 Å². The first-order chi connectivity index (χ1) is 71.4. The molecule has 8 aromatic heterocycles. The summed E-state index contributed by atoms with van der Waals surface area (Å²) in [4.78, 5) is 34.1. The Balaban J connectivity index is 0.000000194. The van der Waals surface area contributed by atoms with E-state index < -0.39 is 47.0 Å². The summed E-state index contributed by atoms with van der Waals surface area (Å²) in [5.41, 5.74) is 26.3. The van der Waals surface area contributed by atoms with Crippen molar-refractivity contribution in [2.75, 3.05) is 0 Å². The number of rotatable bonds is 14. The van der Waals surface area contributed by atoms with E-state index in [4.69, 9.17) is 26.0 Å². The molecule has 672 valence electrons. The van der Waals surface area contributed by atoms with Crippen molar-refractivity contribution >= 4 is 0 Å². The zero-order chi connectivity index (χ0) is 106. The summed E-state index contributed by atoms with van der Waals surface area (Å²) < 4.78 is 141. The largest absolute Gasteiger partial charge is 0.305 e. The third-order valence-electron chi connectivity index (χ3n) is 19.7. The SMILES string of the molecule is CCc1ccc(-c2ccnc(-c3[c-]cccc3)c2)cc1.Cc1ccc(-c2ccnc(-c3[c-]cccc3)c2)cc1.[2H]C([2H])([2H])C([2H])(c1ccc(-c2ccnc(-c3[c-]cccc3)c2)cc1)C([2H])([2H])[2H].[2H]C([2H])([2H])c1ccc(-c2[c-]cccc2)nc1.[2H]C([2H])([2H])c1ccc(-c2[c-]cccc2)nc1.[2H]C([2H])([2H])c1ccc(-c2[c-]cccc2)nc1.[2H]C([2H])([2H])c1ccc(-c2[c-]cccc2)nc1.[Ir].[Ir].[Ir].[Ir].[c-]1ccccc1-c1cc(-c2ccccc2)ccn1. The molecule has 0 saturated carbocycles. The summed E-state index contributed by atoms with van der Waals surface area (Å²) in [6, 6.07) is 149. The quantitative estimate of drug-likeness (QED) is 0.0992. The molecule has 0 fully saturated rings. The summed E-state index contributed by atoms with van der Waals surface area (Å²) in [7, 11) is 0. The van der Waals surface area contributed by atoms with Crippen LogP contribution in [0, 0.1) is 82.9 Å². The molecule has 0 bridgehead atoms. The van der Waals surface area contributed by atoms with Crippen molar-refractivity contribution in [2.24, 2.45) is 0 Å². The van der Waals surface area contributed by atoms with Crippen molar-refractivity contribution in [1.82, 2.24) is 39.9 Å². The first-order valence-corrected chi connectivity index (χ1v) is 41.8. The Morgan fingerprint density at radius 3 is 0.687 bits per heavy atom. The van der Waals surface area contributed by atoms with Crippen LogP contribution < -0.4 is 0 Å². The second-order valence-corrected chi connectivity index (χ2v) is 28.9. The molecule has 20 rings (SSSR count). The van der Waals surface area contributed by atoms with E-state index in [2.05, 4.69) is 181 Å². The van der Waals surface area contributed by atoms with E-state index in [0.29, 0.717) is 0 Å². The predicted molar refractivity (Wildman–Crippen MR) is 537 cm³/mol. The van der Waals surface area contributed by atoms with Crippen molar-refractivity contribution in [3.05, 3.63) is 531 Å². The van der Waals surface area contributed by atoms with Crippen LogP contribution >= 0.6 is 0 Å². The molecule has 0 atom stereocenters. The van der Waals surface area contributed by atoms with E-state index in [0.717, 1.165) is 108 Å². The second kappa shape index (κ2) is 56.3. The molecule has 134 heavy (non-hydrogen) atoms. The van der Waals surface area contributed by atoms with E-state index in [1.165, 1.54) is 81.4 Å². The Kier molecular flexibility index (Phi) is 33.2. The zero-order valence-electron chi connectivity index (χ0n) is 91.8. The monoisotopic (exact) mass is 2470 g/mol. The van der Waals surface area contributed by atoms with Crippen molar-refractivity contribution in [1.29, 1.82) is 0 Å². The molecule has 4 radical (unpaired) electrons. The Morgan fingerprint density at radius 1 is 0.231 bits per heavy atom. The van der Waals surface area contributed by atoms with E-state index in [1.807, 2.05) is 231 Å². The van der Waals surface area contributed by atoms with E-state index in [9.17, 15) is 0 Å². The molecule has 0 spiro atoms. The molecule has 0 unspecified atom stereocenters. The average Bonchev–Trinajstić information content (AvgIpc) is 0.742. The minimum absolute atomic E-state index is 0. The Hall–Kier alpha value is -13.6. The molecular formula is C122H100Ir4N8-8. The molecule has 0 aliphatic rings. The summed E-state index contributed by atoms with van der Waals surface area (Å²) in [6.45, 7) is -10.1. The van der Waals surface area contributed by atoms with E-state index in [-0.39, 0.29) is 108 Å². The molecule has 8 heterocycles. The third-order valence-corrected chi connectivity index (χ3v) is 19.7. The van der Waals surface area contributed by atoms with Crippen LogP contribution in [0.5, 0.6) is 0 Å². The van der Waals surface area contributed by atoms with Gasteiger partial charge in [0.05, 0.1) is 0 Å². The van der Waals surface area contributed by atoms with Gasteiger partial charge in [-0.15, -0.1) is 287 Å². The summed E-state index contributed by atoms with van der Waals surface area (Å²) in [6.07, 6.45) is 13.9. The number of aromatic nitrogens is 8. The van der Waals surface area contributed by atoms with E-state index >= 15 is 0 Å². The first kappa shape index (κ1) is 79.0. The van der Waals surface area contributed by atoms with Crippen molar-refractivity contribution in [3.8, 4) is 135 Å². The number of nitrogens with zero attached hydrogens (tertiary/aromatic N) is 8. The normalized spacial score (nSPS) is 12.7. The Morgan fingerprint density at radius 2 is 0.463 bits per heavy atom. The van der Waals surface area contributed by atoms with Gasteiger partial charge in [-0.2, -0.15) is 0 Å². The van der Waals surface area contributed by atoms with Crippen molar-refractivity contribution in [2.45, 2.75) is 67.3 Å². The maximum absolute atomic E-state index is 8.25. The standard InChI is InChI=1S/C20H18N.C19H16N.C18H14N.C17H12N.4C12H10N.4Ir/c1-15(2)16-8-10-17(11-9-16)19-12-13-21-20(14-19)18-6-4-3-5-7-18;1-2-15-8-10-16(11-9-15)18-12-13-20-19(14-18)17-6-4-3-5-7-17;1-14-7-9-15(10-8-14)17-11-12-19-18(13-17)16-5-3-2-4-6-16;1-3-7-14(8-4-1)16-11-12-18-17(13-16)15-9-5-2-6-10-15;4*1-10-7-8-12(13-9-10)11-5-3-2-4-6-11;;;;/h3-6,8-15H,1-2H3;3-6,8-14H,2H2,1H3;2-5,7-13H,1H3;1-9,11-13H;4*2-5,7-9H,1H3;;;;/q8*-1;;;;/i1D3,2D3,15D;;;;4*1D3;;;;. The second-order valence-electron chi connectivity index (χ2n) is 28.9. The van der Waals surface area contributed by atoms with Gasteiger partial charge in [0.1, 0.15) is 0 Å². The average molecular weight is 2470 g/mol. The van der Waals surface area contributed by atoms with Crippen LogP contribution in [-0.2, 0) is 86.8 Å².